The molecule has 3 heteroatoms. The Morgan fingerprint density at radius 1 is 1.31 bits per heavy atom. The smallest absolute Gasteiger partial charge is 0.230 e. The highest BCUT2D eigenvalue weighted by atomic mass is 16.2. The predicted molar refractivity (Wildman–Crippen MR) is 49.9 cm³/mol. The minimum atomic E-state index is -0.172. The molecule has 1 aliphatic heterocycles. The highest BCUT2D eigenvalue weighted by Gasteiger charge is 2.37. The van der Waals surface area contributed by atoms with Crippen LogP contribution in [-0.4, -0.2) is 11.8 Å². The van der Waals surface area contributed by atoms with Crippen molar-refractivity contribution in [3.8, 4) is 0 Å². The van der Waals surface area contributed by atoms with Crippen LogP contribution < -0.4 is 5.32 Å². The van der Waals surface area contributed by atoms with Gasteiger partial charge in [-0.2, -0.15) is 0 Å². The summed E-state index contributed by atoms with van der Waals surface area (Å²) in [7, 11) is 0. The fourth-order valence-corrected chi connectivity index (χ4v) is 1.46. The van der Waals surface area contributed by atoms with E-state index in [0.29, 0.717) is 6.42 Å². The van der Waals surface area contributed by atoms with E-state index < -0.39 is 0 Å². The van der Waals surface area contributed by atoms with Crippen molar-refractivity contribution in [3.63, 3.8) is 0 Å². The maximum absolute atomic E-state index is 11.2. The Hall–Kier alpha value is -1.12. The molecule has 72 valence electrons. The van der Waals surface area contributed by atoms with Crippen LogP contribution in [0.5, 0.6) is 0 Å². The second-order valence-corrected chi connectivity index (χ2v) is 3.36. The number of hydrogen-bond donors (Lipinski definition) is 1. The summed E-state index contributed by atoms with van der Waals surface area (Å²) in [6.45, 7) is 3.84. The first-order valence-corrected chi connectivity index (χ1v) is 4.66. The summed E-state index contributed by atoms with van der Waals surface area (Å²) in [5, 5.41) is 2.33. The minimum absolute atomic E-state index is 0.127. The SMILES string of the molecule is CCC=CCC1C(=O)NC(=O)C1C. The third-order valence-corrected chi connectivity index (χ3v) is 2.39. The fourth-order valence-electron chi connectivity index (χ4n) is 1.46. The molecule has 2 atom stereocenters. The number of rotatable bonds is 3. The van der Waals surface area contributed by atoms with Gasteiger partial charge in [0.25, 0.3) is 0 Å². The zero-order chi connectivity index (χ0) is 9.84. The lowest BCUT2D eigenvalue weighted by molar-refractivity contribution is -0.126. The van der Waals surface area contributed by atoms with Gasteiger partial charge in [-0.1, -0.05) is 26.0 Å². The molecule has 1 rings (SSSR count). The van der Waals surface area contributed by atoms with Crippen LogP contribution in [-0.2, 0) is 9.59 Å². The molecule has 1 saturated heterocycles. The number of amides is 2. The van der Waals surface area contributed by atoms with Crippen molar-refractivity contribution in [2.75, 3.05) is 0 Å². The lowest BCUT2D eigenvalue weighted by Gasteiger charge is -2.06. The van der Waals surface area contributed by atoms with Gasteiger partial charge in [-0.3, -0.25) is 14.9 Å². The van der Waals surface area contributed by atoms with Gasteiger partial charge in [0.1, 0.15) is 0 Å². The van der Waals surface area contributed by atoms with Crippen LogP contribution in [0, 0.1) is 11.8 Å². The van der Waals surface area contributed by atoms with E-state index in [4.69, 9.17) is 0 Å². The molecule has 1 heterocycles. The van der Waals surface area contributed by atoms with Gasteiger partial charge in [0, 0.05) is 5.92 Å². The number of imide groups is 1. The van der Waals surface area contributed by atoms with Gasteiger partial charge in [0.2, 0.25) is 11.8 Å². The summed E-state index contributed by atoms with van der Waals surface area (Å²) in [6, 6.07) is 0. The van der Waals surface area contributed by atoms with Crippen LogP contribution in [0.25, 0.3) is 0 Å². The van der Waals surface area contributed by atoms with Gasteiger partial charge >= 0.3 is 0 Å². The molecule has 0 saturated carbocycles. The standard InChI is InChI=1S/C10H15NO2/c1-3-4-5-6-8-7(2)9(12)11-10(8)13/h4-5,7-8H,3,6H2,1-2H3,(H,11,12,13). The number of nitrogens with one attached hydrogen (secondary N) is 1. The van der Waals surface area contributed by atoms with Crippen LogP contribution in [0.1, 0.15) is 26.7 Å². The normalized spacial score (nSPS) is 28.5. The van der Waals surface area contributed by atoms with E-state index >= 15 is 0 Å². The Bertz CT molecular complexity index is 245. The Morgan fingerprint density at radius 2 is 2.00 bits per heavy atom. The topological polar surface area (TPSA) is 46.2 Å². The van der Waals surface area contributed by atoms with E-state index in [0.717, 1.165) is 6.42 Å². The highest BCUT2D eigenvalue weighted by molar-refractivity contribution is 6.04. The Labute approximate surface area is 78.2 Å². The third kappa shape index (κ3) is 2.17. The molecule has 1 fully saturated rings. The third-order valence-electron chi connectivity index (χ3n) is 2.39. The Kier molecular flexibility index (Phi) is 3.23. The number of allylic oxidation sites excluding steroid dienone is 2. The minimum Gasteiger partial charge on any atom is -0.296 e. The van der Waals surface area contributed by atoms with Crippen molar-refractivity contribution in [2.45, 2.75) is 26.7 Å². The summed E-state index contributed by atoms with van der Waals surface area (Å²) in [6.07, 6.45) is 5.63. The van der Waals surface area contributed by atoms with Crippen molar-refractivity contribution >= 4 is 11.8 Å². The molecule has 13 heavy (non-hydrogen) atoms. The molecule has 0 aliphatic carbocycles. The monoisotopic (exact) mass is 181 g/mol. The number of hydrogen-bond acceptors (Lipinski definition) is 2. The zero-order valence-electron chi connectivity index (χ0n) is 8.04. The summed E-state index contributed by atoms with van der Waals surface area (Å²) < 4.78 is 0. The molecule has 0 aromatic heterocycles. The van der Waals surface area contributed by atoms with E-state index in [1.807, 2.05) is 19.1 Å². The Morgan fingerprint density at radius 3 is 2.46 bits per heavy atom. The van der Waals surface area contributed by atoms with Crippen molar-refractivity contribution in [2.24, 2.45) is 11.8 Å². The first-order valence-electron chi connectivity index (χ1n) is 4.66. The quantitative estimate of drug-likeness (QED) is 0.526. The number of carbonyl (C=O) groups is 2. The Balaban J connectivity index is 2.54. The molecular weight excluding hydrogens is 166 g/mol. The highest BCUT2D eigenvalue weighted by Crippen LogP contribution is 2.22. The van der Waals surface area contributed by atoms with Crippen molar-refractivity contribution < 1.29 is 9.59 Å². The zero-order valence-corrected chi connectivity index (χ0v) is 8.04. The van der Waals surface area contributed by atoms with Gasteiger partial charge < -0.3 is 0 Å². The van der Waals surface area contributed by atoms with Crippen molar-refractivity contribution in [1.82, 2.24) is 5.32 Å². The van der Waals surface area contributed by atoms with Crippen LogP contribution in [0.2, 0.25) is 0 Å². The van der Waals surface area contributed by atoms with E-state index in [-0.39, 0.29) is 23.7 Å². The first kappa shape index (κ1) is 9.96. The van der Waals surface area contributed by atoms with E-state index in [1.165, 1.54) is 0 Å². The van der Waals surface area contributed by atoms with Gasteiger partial charge in [0.05, 0.1) is 5.92 Å². The molecule has 0 bridgehead atoms. The van der Waals surface area contributed by atoms with Crippen LogP contribution >= 0.6 is 0 Å². The molecule has 1 aliphatic rings. The average molecular weight is 181 g/mol. The summed E-state index contributed by atoms with van der Waals surface area (Å²) in [5.41, 5.74) is 0. The molecule has 0 aromatic rings. The molecule has 1 N–H and O–H groups in total. The van der Waals surface area contributed by atoms with E-state index in [1.54, 1.807) is 6.92 Å². The second kappa shape index (κ2) is 4.21. The second-order valence-electron chi connectivity index (χ2n) is 3.36. The van der Waals surface area contributed by atoms with E-state index in [2.05, 4.69) is 5.32 Å². The van der Waals surface area contributed by atoms with Crippen LogP contribution in [0.15, 0.2) is 12.2 Å². The molecule has 0 aromatic carbocycles. The molecule has 3 nitrogen and oxygen atoms in total. The lowest BCUT2D eigenvalue weighted by atomic mass is 9.93. The van der Waals surface area contributed by atoms with Gasteiger partial charge in [0.15, 0.2) is 0 Å². The maximum atomic E-state index is 11.2. The fraction of sp³-hybridized carbons (Fsp3) is 0.600. The maximum Gasteiger partial charge on any atom is 0.230 e. The van der Waals surface area contributed by atoms with Crippen molar-refractivity contribution in [3.05, 3.63) is 12.2 Å². The van der Waals surface area contributed by atoms with E-state index in [9.17, 15) is 9.59 Å². The first-order chi connectivity index (χ1) is 6.16. The lowest BCUT2D eigenvalue weighted by Crippen LogP contribution is -2.22. The molecule has 0 spiro atoms. The van der Waals surface area contributed by atoms with Crippen LogP contribution in [0.3, 0.4) is 0 Å². The molecule has 2 unspecified atom stereocenters. The van der Waals surface area contributed by atoms with Crippen LogP contribution in [0.4, 0.5) is 0 Å². The largest absolute Gasteiger partial charge is 0.296 e. The summed E-state index contributed by atoms with van der Waals surface area (Å²) in [4.78, 5) is 22.3. The number of carbonyl (C=O) groups excluding carboxylic acids is 2. The van der Waals surface area contributed by atoms with Gasteiger partial charge in [-0.25, -0.2) is 0 Å². The van der Waals surface area contributed by atoms with Gasteiger partial charge in [-0.15, -0.1) is 0 Å². The molecule has 0 radical (unpaired) electrons. The average Bonchev–Trinajstić information content (AvgIpc) is 2.32. The molecular formula is C10H15NO2. The summed E-state index contributed by atoms with van der Waals surface area (Å²) >= 11 is 0. The molecule has 2 amide bonds. The van der Waals surface area contributed by atoms with Gasteiger partial charge in [-0.05, 0) is 12.8 Å². The predicted octanol–water partition coefficient (Wildman–Crippen LogP) is 1.25. The van der Waals surface area contributed by atoms with Crippen molar-refractivity contribution in [1.29, 1.82) is 0 Å². The summed E-state index contributed by atoms with van der Waals surface area (Å²) in [5.74, 6) is -0.595.